The van der Waals surface area contributed by atoms with Crippen LogP contribution >= 0.6 is 0 Å². The molecule has 5 heterocycles. The largest absolute Gasteiger partial charge is 0.378 e. The first kappa shape index (κ1) is 25.9. The van der Waals surface area contributed by atoms with E-state index in [0.29, 0.717) is 31.0 Å². The highest BCUT2D eigenvalue weighted by Gasteiger charge is 2.33. The molecule has 3 fully saturated rings. The number of aromatic nitrogens is 3. The zero-order chi connectivity index (χ0) is 27.1. The van der Waals surface area contributed by atoms with Crippen molar-refractivity contribution in [2.75, 3.05) is 66.7 Å². The summed E-state index contributed by atoms with van der Waals surface area (Å²) in [4.78, 5) is 25.3. The third-order valence-corrected chi connectivity index (χ3v) is 8.33. The van der Waals surface area contributed by atoms with Crippen LogP contribution < -0.4 is 14.5 Å². The average molecular weight is 554 g/mol. The Morgan fingerprint density at radius 1 is 1.00 bits per heavy atom. The average Bonchev–Trinajstić information content (AvgIpc) is 3.32. The number of piperidine rings is 1. The van der Waals surface area contributed by atoms with Gasteiger partial charge >= 0.3 is 0 Å². The van der Waals surface area contributed by atoms with Gasteiger partial charge in [0.1, 0.15) is 11.6 Å². The molecule has 1 unspecified atom stereocenters. The fourth-order valence-electron chi connectivity index (χ4n) is 5.61. The topological polar surface area (TPSA) is 112 Å². The first-order valence-corrected chi connectivity index (χ1v) is 15.5. The van der Waals surface area contributed by atoms with Crippen molar-refractivity contribution in [1.82, 2.24) is 19.5 Å². The number of morpholine rings is 1. The lowest BCUT2D eigenvalue weighted by atomic mass is 9.97. The van der Waals surface area contributed by atoms with Gasteiger partial charge in [0.15, 0.2) is 5.65 Å². The molecule has 6 rings (SSSR count). The molecule has 39 heavy (non-hydrogen) atoms. The Morgan fingerprint density at radius 3 is 2.51 bits per heavy atom. The fourth-order valence-corrected chi connectivity index (χ4v) is 6.19. The molecule has 1 amide bonds. The van der Waals surface area contributed by atoms with Crippen LogP contribution in [0.15, 0.2) is 30.3 Å². The second kappa shape index (κ2) is 10.3. The third kappa shape index (κ3) is 5.27. The summed E-state index contributed by atoms with van der Waals surface area (Å²) in [6.07, 6.45) is 4.90. The summed E-state index contributed by atoms with van der Waals surface area (Å²) < 4.78 is 34.0. The Balaban J connectivity index is 1.38. The van der Waals surface area contributed by atoms with Crippen molar-refractivity contribution in [2.24, 2.45) is 0 Å². The maximum atomic E-state index is 14.0. The van der Waals surface area contributed by atoms with Crippen LogP contribution in [-0.2, 0) is 14.8 Å². The summed E-state index contributed by atoms with van der Waals surface area (Å²) in [6, 6.07) is 9.11. The summed E-state index contributed by atoms with van der Waals surface area (Å²) >= 11 is 0. The minimum Gasteiger partial charge on any atom is -0.378 e. The van der Waals surface area contributed by atoms with E-state index in [0.717, 1.165) is 80.2 Å². The molecule has 2 aromatic heterocycles. The number of amides is 1. The molecule has 3 aliphatic rings. The highest BCUT2D eigenvalue weighted by molar-refractivity contribution is 7.92. The molecule has 3 aliphatic heterocycles. The number of aryl methyl sites for hydroxylation is 1. The van der Waals surface area contributed by atoms with Gasteiger partial charge < -0.3 is 19.4 Å². The van der Waals surface area contributed by atoms with Crippen LogP contribution in [0.2, 0.25) is 0 Å². The monoisotopic (exact) mass is 553 g/mol. The molecule has 3 saturated heterocycles. The number of likely N-dealkylation sites (tertiary alicyclic amines) is 1. The molecule has 0 bridgehead atoms. The van der Waals surface area contributed by atoms with Gasteiger partial charge in [-0.15, -0.1) is 0 Å². The second-order valence-electron chi connectivity index (χ2n) is 10.7. The van der Waals surface area contributed by atoms with Gasteiger partial charge in [0.2, 0.25) is 10.0 Å². The van der Waals surface area contributed by atoms with E-state index in [-0.39, 0.29) is 11.9 Å². The number of hydrogen-bond acceptors (Lipinski definition) is 8. The fraction of sp³-hybridized carbons (Fsp3) is 0.519. The van der Waals surface area contributed by atoms with Crippen LogP contribution in [0.1, 0.15) is 53.3 Å². The number of carbonyl (C=O) groups is 1. The summed E-state index contributed by atoms with van der Waals surface area (Å²) in [5, 5.41) is 5.03. The Kier molecular flexibility index (Phi) is 6.84. The predicted octanol–water partition coefficient (Wildman–Crippen LogP) is 2.82. The van der Waals surface area contributed by atoms with E-state index in [1.54, 1.807) is 18.2 Å². The van der Waals surface area contributed by atoms with Crippen molar-refractivity contribution < 1.29 is 17.9 Å². The number of benzene rings is 1. The molecular weight excluding hydrogens is 518 g/mol. The van der Waals surface area contributed by atoms with Gasteiger partial charge in [-0.2, -0.15) is 9.61 Å². The van der Waals surface area contributed by atoms with Gasteiger partial charge in [0, 0.05) is 44.9 Å². The molecule has 0 spiro atoms. The van der Waals surface area contributed by atoms with E-state index in [4.69, 9.17) is 14.8 Å². The maximum absolute atomic E-state index is 14.0. The predicted molar refractivity (Wildman–Crippen MR) is 150 cm³/mol. The van der Waals surface area contributed by atoms with E-state index in [9.17, 15) is 13.2 Å². The highest BCUT2D eigenvalue weighted by atomic mass is 32.2. The van der Waals surface area contributed by atoms with Gasteiger partial charge in [-0.25, -0.2) is 13.4 Å². The number of carbonyl (C=O) groups excluding carboxylic acids is 1. The normalized spacial score (nSPS) is 20.3. The van der Waals surface area contributed by atoms with Crippen molar-refractivity contribution in [3.8, 4) is 0 Å². The van der Waals surface area contributed by atoms with E-state index in [1.807, 2.05) is 22.4 Å². The van der Waals surface area contributed by atoms with E-state index >= 15 is 0 Å². The number of fused-ring (bicyclic) bond motifs is 1. The zero-order valence-electron chi connectivity index (χ0n) is 22.5. The van der Waals surface area contributed by atoms with Crippen LogP contribution in [0, 0.1) is 6.92 Å². The van der Waals surface area contributed by atoms with Gasteiger partial charge in [-0.1, -0.05) is 11.6 Å². The molecule has 1 N–H and O–H groups in total. The molecule has 12 heteroatoms. The molecular formula is C27H35N7O4S. The van der Waals surface area contributed by atoms with Crippen LogP contribution in [0.25, 0.3) is 5.65 Å². The lowest BCUT2D eigenvalue weighted by Crippen LogP contribution is -2.40. The summed E-state index contributed by atoms with van der Waals surface area (Å²) in [6.45, 7) is 7.37. The lowest BCUT2D eigenvalue weighted by Gasteiger charge is -2.35. The number of nitrogens with zero attached hydrogens (tertiary/aromatic N) is 6. The van der Waals surface area contributed by atoms with Crippen molar-refractivity contribution in [3.63, 3.8) is 0 Å². The van der Waals surface area contributed by atoms with E-state index < -0.39 is 10.0 Å². The summed E-state index contributed by atoms with van der Waals surface area (Å²) in [5.41, 5.74) is 3.10. The smallest absolute Gasteiger partial charge is 0.256 e. The molecule has 3 aromatic rings. The number of hydrogen-bond donors (Lipinski definition) is 1. The zero-order valence-corrected chi connectivity index (χ0v) is 23.3. The van der Waals surface area contributed by atoms with Crippen molar-refractivity contribution in [2.45, 2.75) is 38.6 Å². The number of nitrogens with one attached hydrogen (secondary N) is 1. The molecule has 0 aliphatic carbocycles. The van der Waals surface area contributed by atoms with Crippen molar-refractivity contribution in [1.29, 1.82) is 0 Å². The molecule has 1 atom stereocenters. The number of anilines is 3. The van der Waals surface area contributed by atoms with Gasteiger partial charge in [0.05, 0.1) is 42.5 Å². The number of rotatable bonds is 6. The Hall–Kier alpha value is -3.38. The highest BCUT2D eigenvalue weighted by Crippen LogP contribution is 2.35. The van der Waals surface area contributed by atoms with Gasteiger partial charge in [-0.05, 0) is 44.7 Å². The number of sulfonamides is 1. The maximum Gasteiger partial charge on any atom is 0.256 e. The molecule has 208 valence electrons. The summed E-state index contributed by atoms with van der Waals surface area (Å²) in [7, 11) is -3.55. The lowest BCUT2D eigenvalue weighted by molar-refractivity contribution is 0.0606. The quantitative estimate of drug-likeness (QED) is 0.496. The molecule has 0 radical (unpaired) electrons. The molecule has 0 saturated carbocycles. The van der Waals surface area contributed by atoms with Gasteiger partial charge in [0.25, 0.3) is 5.91 Å². The third-order valence-electron chi connectivity index (χ3n) is 7.73. The van der Waals surface area contributed by atoms with Crippen LogP contribution in [0.3, 0.4) is 0 Å². The Morgan fingerprint density at radius 2 is 1.79 bits per heavy atom. The van der Waals surface area contributed by atoms with Crippen LogP contribution in [-0.4, -0.2) is 86.0 Å². The van der Waals surface area contributed by atoms with Crippen LogP contribution in [0.5, 0.6) is 0 Å². The summed E-state index contributed by atoms with van der Waals surface area (Å²) in [5.74, 6) is 1.74. The van der Waals surface area contributed by atoms with Gasteiger partial charge in [-0.3, -0.25) is 9.52 Å². The molecule has 11 nitrogen and oxygen atoms in total. The minimum absolute atomic E-state index is 0.200. The SMILES string of the molecule is Cc1ccc(NS(C)(=O)=O)c(C(=O)N2CCCCC2c2cc3nc(N4CCC4)cc(N4CCOCC4)n3n2)c1. The second-order valence-corrected chi connectivity index (χ2v) is 12.4. The Bertz CT molecular complexity index is 1500. The standard InChI is InChI=1S/C27H35N7O4S/c1-19-7-8-21(30-39(2,36)37)20(16-19)27(35)33-11-4-3-6-23(33)22-17-25-28-24(31-9-5-10-31)18-26(34(25)29-22)32-12-14-38-15-13-32/h7-8,16-18,23,30H,3-6,9-15H2,1-2H3. The van der Waals surface area contributed by atoms with Crippen molar-refractivity contribution in [3.05, 3.63) is 47.2 Å². The Labute approximate surface area is 228 Å². The first-order chi connectivity index (χ1) is 18.8. The minimum atomic E-state index is -3.55. The first-order valence-electron chi connectivity index (χ1n) is 13.6. The van der Waals surface area contributed by atoms with Crippen molar-refractivity contribution >= 4 is 38.9 Å². The van der Waals surface area contributed by atoms with E-state index in [1.165, 1.54) is 6.42 Å². The number of ether oxygens (including phenoxy) is 1. The molecule has 1 aromatic carbocycles. The van der Waals surface area contributed by atoms with Crippen LogP contribution in [0.4, 0.5) is 17.3 Å². The van der Waals surface area contributed by atoms with E-state index in [2.05, 4.69) is 20.6 Å².